The van der Waals surface area contributed by atoms with Crippen LogP contribution in [0, 0.1) is 5.92 Å². The summed E-state index contributed by atoms with van der Waals surface area (Å²) in [6, 6.07) is 1.51. The summed E-state index contributed by atoms with van der Waals surface area (Å²) in [6.45, 7) is 3.76. The lowest BCUT2D eigenvalue weighted by atomic mass is 9.95. The average molecular weight is 368 g/mol. The topological polar surface area (TPSA) is 78.5 Å². The summed E-state index contributed by atoms with van der Waals surface area (Å²) in [7, 11) is -0.676. The number of sulfonamides is 1. The number of nitrogens with one attached hydrogen (secondary N) is 2. The Labute approximate surface area is 141 Å². The number of rotatable bonds is 4. The Bertz CT molecular complexity index is 616. The number of hydrogen-bond acceptors (Lipinski definition) is 5. The highest BCUT2D eigenvalue weighted by Crippen LogP contribution is 2.24. The Kier molecular flexibility index (Phi) is 6.82. The molecule has 0 aliphatic carbocycles. The van der Waals surface area contributed by atoms with Crippen molar-refractivity contribution in [1.29, 1.82) is 0 Å². The third-order valence-electron chi connectivity index (χ3n) is 3.74. The molecule has 1 amide bonds. The molecule has 9 heteroatoms. The van der Waals surface area contributed by atoms with Crippen LogP contribution in [0.15, 0.2) is 16.3 Å². The van der Waals surface area contributed by atoms with Crippen LogP contribution >= 0.6 is 23.7 Å². The van der Waals surface area contributed by atoms with Gasteiger partial charge in [0, 0.05) is 26.7 Å². The molecular formula is C13H22ClN3O3S2. The second-order valence-electron chi connectivity index (χ2n) is 5.45. The lowest BCUT2D eigenvalue weighted by Gasteiger charge is -2.30. The van der Waals surface area contributed by atoms with E-state index in [1.165, 1.54) is 20.2 Å². The van der Waals surface area contributed by atoms with Crippen molar-refractivity contribution in [2.24, 2.45) is 5.92 Å². The van der Waals surface area contributed by atoms with Crippen LogP contribution in [0.1, 0.15) is 23.0 Å². The largest absolute Gasteiger partial charge is 0.347 e. The van der Waals surface area contributed by atoms with E-state index >= 15 is 0 Å². The molecule has 0 spiro atoms. The number of carbonyl (C=O) groups is 1. The maximum absolute atomic E-state index is 12.4. The van der Waals surface area contributed by atoms with Gasteiger partial charge in [0.1, 0.15) is 9.77 Å². The predicted molar refractivity (Wildman–Crippen MR) is 90.3 cm³/mol. The molecule has 2 rings (SSSR count). The first-order chi connectivity index (χ1) is 9.84. The Hall–Kier alpha value is -0.670. The normalized spacial score (nSPS) is 22.2. The van der Waals surface area contributed by atoms with Crippen molar-refractivity contribution < 1.29 is 13.2 Å². The molecule has 22 heavy (non-hydrogen) atoms. The van der Waals surface area contributed by atoms with Crippen LogP contribution in [0.5, 0.6) is 0 Å². The Morgan fingerprint density at radius 1 is 1.45 bits per heavy atom. The fraction of sp³-hybridized carbons (Fsp3) is 0.615. The molecule has 0 aromatic carbocycles. The van der Waals surface area contributed by atoms with Crippen LogP contribution in [0.4, 0.5) is 0 Å². The van der Waals surface area contributed by atoms with Crippen molar-refractivity contribution >= 4 is 39.7 Å². The highest BCUT2D eigenvalue weighted by molar-refractivity contribution is 7.89. The highest BCUT2D eigenvalue weighted by atomic mass is 35.5. The van der Waals surface area contributed by atoms with Crippen LogP contribution in [-0.4, -0.2) is 51.9 Å². The van der Waals surface area contributed by atoms with Gasteiger partial charge in [0.15, 0.2) is 0 Å². The third-order valence-corrected chi connectivity index (χ3v) is 6.64. The maximum Gasteiger partial charge on any atom is 0.263 e. The molecule has 6 nitrogen and oxygen atoms in total. The molecule has 1 aliphatic rings. The van der Waals surface area contributed by atoms with Crippen molar-refractivity contribution in [3.8, 4) is 0 Å². The number of nitrogens with zero attached hydrogens (tertiary/aromatic N) is 1. The molecule has 1 aliphatic heterocycles. The Balaban J connectivity index is 0.00000242. The Morgan fingerprint density at radius 2 is 2.14 bits per heavy atom. The van der Waals surface area contributed by atoms with Crippen molar-refractivity contribution in [2.45, 2.75) is 24.3 Å². The highest BCUT2D eigenvalue weighted by Gasteiger charge is 2.29. The first-order valence-corrected chi connectivity index (χ1v) is 9.17. The fourth-order valence-electron chi connectivity index (χ4n) is 2.28. The quantitative estimate of drug-likeness (QED) is 0.836. The van der Waals surface area contributed by atoms with Crippen LogP contribution in [0.2, 0.25) is 0 Å². The van der Waals surface area contributed by atoms with E-state index in [0.717, 1.165) is 28.6 Å². The van der Waals surface area contributed by atoms with E-state index in [0.29, 0.717) is 12.5 Å². The average Bonchev–Trinajstić information content (AvgIpc) is 2.91. The summed E-state index contributed by atoms with van der Waals surface area (Å²) in [5.74, 6) is 0.0649. The summed E-state index contributed by atoms with van der Waals surface area (Å²) in [5, 5.41) is 7.82. The number of hydrogen-bond donors (Lipinski definition) is 2. The molecule has 0 bridgehead atoms. The monoisotopic (exact) mass is 367 g/mol. The number of amides is 1. The minimum atomic E-state index is -3.60. The molecule has 2 N–H and O–H groups in total. The predicted octanol–water partition coefficient (Wildman–Crippen LogP) is 1.15. The smallest absolute Gasteiger partial charge is 0.263 e. The lowest BCUT2D eigenvalue weighted by molar-refractivity contribution is 0.0916. The van der Waals surface area contributed by atoms with E-state index in [1.54, 1.807) is 5.38 Å². The number of carbonyl (C=O) groups excluding carboxylic acids is 1. The molecule has 0 radical (unpaired) electrons. The molecule has 0 saturated carbocycles. The van der Waals surface area contributed by atoms with E-state index in [4.69, 9.17) is 0 Å². The van der Waals surface area contributed by atoms with Gasteiger partial charge in [0.05, 0.1) is 0 Å². The van der Waals surface area contributed by atoms with Crippen molar-refractivity contribution in [1.82, 2.24) is 14.9 Å². The summed E-state index contributed by atoms with van der Waals surface area (Å²) in [5.41, 5.74) is 0. The summed E-state index contributed by atoms with van der Waals surface area (Å²) in [6.07, 6.45) is 0.998. The zero-order chi connectivity index (χ0) is 15.6. The van der Waals surface area contributed by atoms with Gasteiger partial charge < -0.3 is 10.6 Å². The SMILES string of the molecule is CC1CCNCC1NC(=O)c1sccc1S(=O)(=O)N(C)C.Cl. The second kappa shape index (κ2) is 7.74. The first kappa shape index (κ1) is 19.4. The van der Waals surface area contributed by atoms with Crippen molar-refractivity contribution in [3.05, 3.63) is 16.3 Å². The van der Waals surface area contributed by atoms with Gasteiger partial charge in [-0.05, 0) is 30.3 Å². The van der Waals surface area contributed by atoms with Gasteiger partial charge in [0.2, 0.25) is 10.0 Å². The van der Waals surface area contributed by atoms with Gasteiger partial charge in [-0.15, -0.1) is 23.7 Å². The molecule has 2 atom stereocenters. The molecule has 1 saturated heterocycles. The molecule has 1 fully saturated rings. The first-order valence-electron chi connectivity index (χ1n) is 6.85. The fourth-order valence-corrected chi connectivity index (χ4v) is 4.48. The Morgan fingerprint density at radius 3 is 2.73 bits per heavy atom. The molecular weight excluding hydrogens is 346 g/mol. The molecule has 126 valence electrons. The summed E-state index contributed by atoms with van der Waals surface area (Å²) in [4.78, 5) is 12.7. The van der Waals surface area contributed by atoms with Crippen molar-refractivity contribution in [2.75, 3.05) is 27.2 Å². The van der Waals surface area contributed by atoms with Crippen LogP contribution < -0.4 is 10.6 Å². The number of thiophene rings is 1. The van der Waals surface area contributed by atoms with Crippen LogP contribution in [0.25, 0.3) is 0 Å². The summed E-state index contributed by atoms with van der Waals surface area (Å²) >= 11 is 1.15. The molecule has 2 heterocycles. The second-order valence-corrected chi connectivity index (χ2v) is 8.49. The maximum atomic E-state index is 12.4. The van der Waals surface area contributed by atoms with E-state index in [1.807, 2.05) is 0 Å². The minimum Gasteiger partial charge on any atom is -0.347 e. The van der Waals surface area contributed by atoms with Crippen LogP contribution in [-0.2, 0) is 10.0 Å². The molecule has 1 aromatic heterocycles. The van der Waals surface area contributed by atoms with Crippen LogP contribution in [0.3, 0.4) is 0 Å². The lowest BCUT2D eigenvalue weighted by Crippen LogP contribution is -2.50. The van der Waals surface area contributed by atoms with E-state index in [9.17, 15) is 13.2 Å². The van der Waals surface area contributed by atoms with E-state index in [2.05, 4.69) is 17.6 Å². The van der Waals surface area contributed by atoms with E-state index in [-0.39, 0.29) is 34.1 Å². The summed E-state index contributed by atoms with van der Waals surface area (Å²) < 4.78 is 25.6. The number of piperidine rings is 1. The van der Waals surface area contributed by atoms with Gasteiger partial charge in [-0.1, -0.05) is 6.92 Å². The van der Waals surface area contributed by atoms with Gasteiger partial charge in [-0.3, -0.25) is 4.79 Å². The van der Waals surface area contributed by atoms with E-state index < -0.39 is 10.0 Å². The third kappa shape index (κ3) is 3.99. The van der Waals surface area contributed by atoms with Crippen molar-refractivity contribution in [3.63, 3.8) is 0 Å². The van der Waals surface area contributed by atoms with Gasteiger partial charge in [0.25, 0.3) is 5.91 Å². The van der Waals surface area contributed by atoms with Gasteiger partial charge in [-0.25, -0.2) is 12.7 Å². The number of halogens is 1. The standard InChI is InChI=1S/C13H21N3O3S2.ClH/c1-9-4-6-14-8-10(9)15-13(17)12-11(5-7-20-12)21(18,19)16(2)3;/h5,7,9-10,14H,4,6,8H2,1-3H3,(H,15,17);1H. The minimum absolute atomic E-state index is 0. The van der Waals surface area contributed by atoms with Gasteiger partial charge >= 0.3 is 0 Å². The zero-order valence-electron chi connectivity index (χ0n) is 12.8. The molecule has 1 aromatic rings. The van der Waals surface area contributed by atoms with Gasteiger partial charge in [-0.2, -0.15) is 0 Å². The zero-order valence-corrected chi connectivity index (χ0v) is 15.3. The molecule has 2 unspecified atom stereocenters.